The highest BCUT2D eigenvalue weighted by molar-refractivity contribution is 8.00. The molecule has 1 fully saturated rings. The van der Waals surface area contributed by atoms with Crippen molar-refractivity contribution in [2.45, 2.75) is 49.8 Å². The Morgan fingerprint density at radius 2 is 2.23 bits per heavy atom. The number of thioether (sulfide) groups is 1. The number of nitrogens with zero attached hydrogens (tertiary/aromatic N) is 3. The number of anilines is 1. The molecule has 1 amide bonds. The monoisotopic (exact) mass is 430 g/mol. The molecule has 0 saturated carbocycles. The SMILES string of the molecule is O=C(CSc1nc(=O)n(CC2CCCO2)c2c1CCC2)Nc1cccc([N+](=O)[O-])c1. The fourth-order valence-corrected chi connectivity index (χ4v) is 4.79. The van der Waals surface area contributed by atoms with Crippen LogP contribution in [-0.2, 0) is 28.9 Å². The minimum atomic E-state index is -0.511. The topological polar surface area (TPSA) is 116 Å². The molecule has 1 atom stereocenters. The Kier molecular flexibility index (Phi) is 6.14. The summed E-state index contributed by atoms with van der Waals surface area (Å²) in [5.74, 6) is -0.241. The van der Waals surface area contributed by atoms with Crippen LogP contribution in [0.2, 0.25) is 0 Å². The van der Waals surface area contributed by atoms with E-state index in [1.54, 1.807) is 10.6 Å². The van der Waals surface area contributed by atoms with Crippen LogP contribution in [0.4, 0.5) is 11.4 Å². The molecule has 10 heteroatoms. The first-order chi connectivity index (χ1) is 14.5. The van der Waals surface area contributed by atoms with E-state index >= 15 is 0 Å². The molecule has 1 N–H and O–H groups in total. The van der Waals surface area contributed by atoms with Crippen molar-refractivity contribution >= 4 is 29.0 Å². The van der Waals surface area contributed by atoms with Gasteiger partial charge in [0.05, 0.1) is 23.3 Å². The third kappa shape index (κ3) is 4.54. The Hall–Kier alpha value is -2.72. The number of carbonyl (C=O) groups excluding carboxylic acids is 1. The summed E-state index contributed by atoms with van der Waals surface area (Å²) in [4.78, 5) is 39.6. The fourth-order valence-electron chi connectivity index (χ4n) is 3.91. The lowest BCUT2D eigenvalue weighted by Crippen LogP contribution is -2.31. The lowest BCUT2D eigenvalue weighted by atomic mass is 10.2. The second-order valence-electron chi connectivity index (χ2n) is 7.37. The van der Waals surface area contributed by atoms with E-state index in [1.807, 2.05) is 0 Å². The highest BCUT2D eigenvalue weighted by Gasteiger charge is 2.25. The first kappa shape index (κ1) is 20.5. The minimum absolute atomic E-state index is 0.0633. The van der Waals surface area contributed by atoms with Crippen LogP contribution < -0.4 is 11.0 Å². The van der Waals surface area contributed by atoms with Gasteiger partial charge in [-0.3, -0.25) is 19.5 Å². The van der Waals surface area contributed by atoms with E-state index in [1.165, 1.54) is 30.0 Å². The van der Waals surface area contributed by atoms with Crippen LogP contribution in [0.3, 0.4) is 0 Å². The number of nitrogens with one attached hydrogen (secondary N) is 1. The largest absolute Gasteiger partial charge is 0.376 e. The summed E-state index contributed by atoms with van der Waals surface area (Å²) in [5, 5.41) is 14.1. The van der Waals surface area contributed by atoms with Gasteiger partial charge in [0.2, 0.25) is 5.91 Å². The molecule has 1 unspecified atom stereocenters. The van der Waals surface area contributed by atoms with Gasteiger partial charge in [0.25, 0.3) is 5.69 Å². The number of carbonyl (C=O) groups is 1. The van der Waals surface area contributed by atoms with Crippen molar-refractivity contribution in [3.05, 3.63) is 56.1 Å². The molecule has 1 saturated heterocycles. The molecule has 158 valence electrons. The van der Waals surface area contributed by atoms with Crippen LogP contribution in [0.25, 0.3) is 0 Å². The number of ether oxygens (including phenoxy) is 1. The average molecular weight is 430 g/mol. The smallest absolute Gasteiger partial charge is 0.348 e. The maximum Gasteiger partial charge on any atom is 0.348 e. The Labute approximate surface area is 177 Å². The zero-order chi connectivity index (χ0) is 21.1. The third-order valence-electron chi connectivity index (χ3n) is 5.29. The van der Waals surface area contributed by atoms with E-state index in [-0.39, 0.29) is 29.1 Å². The lowest BCUT2D eigenvalue weighted by Gasteiger charge is -2.17. The quantitative estimate of drug-likeness (QED) is 0.310. The Morgan fingerprint density at radius 3 is 3.00 bits per heavy atom. The van der Waals surface area contributed by atoms with Crippen molar-refractivity contribution in [2.24, 2.45) is 0 Å². The maximum atomic E-state index is 12.6. The van der Waals surface area contributed by atoms with E-state index in [0.717, 1.165) is 50.0 Å². The molecule has 1 aromatic heterocycles. The lowest BCUT2D eigenvalue weighted by molar-refractivity contribution is -0.384. The average Bonchev–Trinajstić information content (AvgIpc) is 3.41. The van der Waals surface area contributed by atoms with E-state index in [2.05, 4.69) is 10.3 Å². The van der Waals surface area contributed by atoms with Crippen molar-refractivity contribution < 1.29 is 14.5 Å². The predicted octanol–water partition coefficient (Wildman–Crippen LogP) is 2.55. The Morgan fingerprint density at radius 1 is 1.37 bits per heavy atom. The Bertz CT molecular complexity index is 1030. The summed E-state index contributed by atoms with van der Waals surface area (Å²) in [7, 11) is 0. The van der Waals surface area contributed by atoms with Crippen LogP contribution in [-0.4, -0.2) is 38.8 Å². The van der Waals surface area contributed by atoms with Gasteiger partial charge in [0, 0.05) is 35.7 Å². The molecule has 0 radical (unpaired) electrons. The molecule has 1 aliphatic heterocycles. The number of nitro benzene ring substituents is 1. The molecule has 1 aromatic carbocycles. The number of aromatic nitrogens is 2. The van der Waals surface area contributed by atoms with Crippen molar-refractivity contribution in [2.75, 3.05) is 17.7 Å². The zero-order valence-electron chi connectivity index (χ0n) is 16.3. The van der Waals surface area contributed by atoms with Crippen LogP contribution >= 0.6 is 11.8 Å². The number of hydrogen-bond acceptors (Lipinski definition) is 7. The van der Waals surface area contributed by atoms with Crippen LogP contribution in [0.1, 0.15) is 30.5 Å². The minimum Gasteiger partial charge on any atom is -0.376 e. The first-order valence-electron chi connectivity index (χ1n) is 9.92. The number of hydrogen-bond donors (Lipinski definition) is 1. The van der Waals surface area contributed by atoms with Gasteiger partial charge < -0.3 is 10.1 Å². The molecule has 0 spiro atoms. The first-order valence-corrected chi connectivity index (χ1v) is 10.9. The number of non-ortho nitro benzene ring substituents is 1. The molecule has 2 heterocycles. The van der Waals surface area contributed by atoms with Crippen molar-refractivity contribution in [1.82, 2.24) is 9.55 Å². The summed E-state index contributed by atoms with van der Waals surface area (Å²) in [6.07, 6.45) is 4.65. The molecule has 9 nitrogen and oxygen atoms in total. The highest BCUT2D eigenvalue weighted by Crippen LogP contribution is 2.30. The molecule has 4 rings (SSSR count). The number of rotatable bonds is 7. The normalized spacial score (nSPS) is 17.7. The van der Waals surface area contributed by atoms with Crippen molar-refractivity contribution in [1.29, 1.82) is 0 Å². The number of benzene rings is 1. The van der Waals surface area contributed by atoms with Crippen LogP contribution in [0, 0.1) is 10.1 Å². The van der Waals surface area contributed by atoms with Crippen molar-refractivity contribution in [3.8, 4) is 0 Å². The standard InChI is InChI=1S/C20H22N4O5S/c25-18(21-13-4-1-5-14(10-13)24(27)28)12-30-19-16-7-2-8-17(16)23(20(26)22-19)11-15-6-3-9-29-15/h1,4-5,10,15H,2-3,6-9,11-12H2,(H,21,25). The van der Waals surface area contributed by atoms with Crippen molar-refractivity contribution in [3.63, 3.8) is 0 Å². The van der Waals surface area contributed by atoms with Gasteiger partial charge in [-0.05, 0) is 38.2 Å². The maximum absolute atomic E-state index is 12.6. The number of amides is 1. The number of fused-ring (bicyclic) bond motifs is 1. The molecule has 30 heavy (non-hydrogen) atoms. The zero-order valence-corrected chi connectivity index (χ0v) is 17.2. The number of nitro groups is 1. The predicted molar refractivity (Wildman–Crippen MR) is 112 cm³/mol. The summed E-state index contributed by atoms with van der Waals surface area (Å²) >= 11 is 1.23. The fraction of sp³-hybridized carbons (Fsp3) is 0.450. The summed E-state index contributed by atoms with van der Waals surface area (Å²) < 4.78 is 7.41. The summed E-state index contributed by atoms with van der Waals surface area (Å²) in [5.41, 5.74) is 2.02. The van der Waals surface area contributed by atoms with Gasteiger partial charge in [-0.15, -0.1) is 0 Å². The van der Waals surface area contributed by atoms with Crippen LogP contribution in [0.5, 0.6) is 0 Å². The van der Waals surface area contributed by atoms with E-state index in [0.29, 0.717) is 17.3 Å². The second kappa shape index (κ2) is 8.97. The summed E-state index contributed by atoms with van der Waals surface area (Å²) in [6, 6.07) is 5.79. The molecule has 0 bridgehead atoms. The molecule has 2 aliphatic rings. The van der Waals surface area contributed by atoms with Gasteiger partial charge in [0.1, 0.15) is 5.03 Å². The Balaban J connectivity index is 1.44. The van der Waals surface area contributed by atoms with Gasteiger partial charge in [-0.2, -0.15) is 4.98 Å². The second-order valence-corrected chi connectivity index (χ2v) is 8.33. The van der Waals surface area contributed by atoms with Gasteiger partial charge in [-0.1, -0.05) is 17.8 Å². The molecular formula is C20H22N4O5S. The third-order valence-corrected chi connectivity index (χ3v) is 6.31. The van der Waals surface area contributed by atoms with Crippen LogP contribution in [0.15, 0.2) is 34.1 Å². The van der Waals surface area contributed by atoms with E-state index in [9.17, 15) is 19.7 Å². The van der Waals surface area contributed by atoms with Gasteiger partial charge in [-0.25, -0.2) is 4.79 Å². The molecule has 1 aliphatic carbocycles. The molecular weight excluding hydrogens is 408 g/mol. The van der Waals surface area contributed by atoms with Gasteiger partial charge in [0.15, 0.2) is 0 Å². The van der Waals surface area contributed by atoms with E-state index < -0.39 is 4.92 Å². The van der Waals surface area contributed by atoms with E-state index in [4.69, 9.17) is 4.74 Å². The summed E-state index contributed by atoms with van der Waals surface area (Å²) in [6.45, 7) is 1.27. The van der Waals surface area contributed by atoms with Gasteiger partial charge >= 0.3 is 5.69 Å². The highest BCUT2D eigenvalue weighted by atomic mass is 32.2. The molecule has 2 aromatic rings.